The van der Waals surface area contributed by atoms with E-state index in [1.54, 1.807) is 30.8 Å². The SMILES string of the molecule is CC[C@@H]1CN(Cc2csc(-c3ncccn3)n2)CCN1CCOC. The molecule has 1 aliphatic heterocycles. The van der Waals surface area contributed by atoms with E-state index in [1.165, 1.54) is 6.42 Å². The van der Waals surface area contributed by atoms with Crippen molar-refractivity contribution < 1.29 is 4.74 Å². The first kappa shape index (κ1) is 17.4. The van der Waals surface area contributed by atoms with Crippen LogP contribution in [0.1, 0.15) is 19.0 Å². The maximum Gasteiger partial charge on any atom is 0.188 e. The summed E-state index contributed by atoms with van der Waals surface area (Å²) in [5, 5.41) is 3.03. The predicted molar refractivity (Wildman–Crippen MR) is 95.9 cm³/mol. The van der Waals surface area contributed by atoms with Crippen LogP contribution >= 0.6 is 11.3 Å². The van der Waals surface area contributed by atoms with E-state index in [1.807, 2.05) is 6.07 Å². The van der Waals surface area contributed by atoms with Crippen LogP contribution in [0, 0.1) is 0 Å². The summed E-state index contributed by atoms with van der Waals surface area (Å²) in [7, 11) is 1.77. The first-order valence-electron chi connectivity index (χ1n) is 8.47. The minimum atomic E-state index is 0.601. The summed E-state index contributed by atoms with van der Waals surface area (Å²) in [6.45, 7) is 8.27. The van der Waals surface area contributed by atoms with Gasteiger partial charge in [0, 0.05) is 63.6 Å². The lowest BCUT2D eigenvalue weighted by Crippen LogP contribution is -2.53. The molecule has 0 spiro atoms. The molecule has 0 amide bonds. The van der Waals surface area contributed by atoms with Crippen molar-refractivity contribution in [3.63, 3.8) is 0 Å². The summed E-state index contributed by atoms with van der Waals surface area (Å²) in [6.07, 6.45) is 4.68. The fourth-order valence-electron chi connectivity index (χ4n) is 3.11. The van der Waals surface area contributed by atoms with Gasteiger partial charge in [0.05, 0.1) is 12.3 Å². The van der Waals surface area contributed by atoms with E-state index in [0.717, 1.165) is 50.0 Å². The minimum absolute atomic E-state index is 0.601. The Labute approximate surface area is 147 Å². The molecule has 0 unspecified atom stereocenters. The summed E-state index contributed by atoms with van der Waals surface area (Å²) in [6, 6.07) is 2.43. The third-order valence-electron chi connectivity index (χ3n) is 4.44. The van der Waals surface area contributed by atoms with Crippen LogP contribution in [0.2, 0.25) is 0 Å². The molecule has 130 valence electrons. The van der Waals surface area contributed by atoms with Gasteiger partial charge in [0.25, 0.3) is 0 Å². The fourth-order valence-corrected chi connectivity index (χ4v) is 3.87. The zero-order chi connectivity index (χ0) is 16.8. The lowest BCUT2D eigenvalue weighted by molar-refractivity contribution is 0.0461. The smallest absolute Gasteiger partial charge is 0.188 e. The van der Waals surface area contributed by atoms with E-state index >= 15 is 0 Å². The molecule has 1 fully saturated rings. The molecule has 1 aliphatic rings. The molecular formula is C17H25N5OS. The van der Waals surface area contributed by atoms with E-state index in [0.29, 0.717) is 11.9 Å². The maximum atomic E-state index is 5.23. The first-order chi connectivity index (χ1) is 11.8. The van der Waals surface area contributed by atoms with Gasteiger partial charge in [-0.1, -0.05) is 6.92 Å². The highest BCUT2D eigenvalue weighted by Crippen LogP contribution is 2.21. The second-order valence-corrected chi connectivity index (χ2v) is 6.90. The molecule has 24 heavy (non-hydrogen) atoms. The van der Waals surface area contributed by atoms with Crippen molar-refractivity contribution in [2.45, 2.75) is 25.9 Å². The number of thiazole rings is 1. The van der Waals surface area contributed by atoms with Crippen molar-refractivity contribution in [1.29, 1.82) is 0 Å². The van der Waals surface area contributed by atoms with E-state index < -0.39 is 0 Å². The number of aromatic nitrogens is 3. The minimum Gasteiger partial charge on any atom is -0.383 e. The third kappa shape index (κ3) is 4.36. The number of rotatable bonds is 7. The highest BCUT2D eigenvalue weighted by atomic mass is 32.1. The Morgan fingerprint density at radius 2 is 2.12 bits per heavy atom. The van der Waals surface area contributed by atoms with Gasteiger partial charge in [-0.25, -0.2) is 15.0 Å². The Bertz CT molecular complexity index is 620. The van der Waals surface area contributed by atoms with Gasteiger partial charge in [-0.15, -0.1) is 11.3 Å². The molecule has 0 aliphatic carbocycles. The van der Waals surface area contributed by atoms with Gasteiger partial charge in [-0.05, 0) is 12.5 Å². The van der Waals surface area contributed by atoms with Crippen LogP contribution in [0.5, 0.6) is 0 Å². The molecule has 7 heteroatoms. The summed E-state index contributed by atoms with van der Waals surface area (Å²) in [5.74, 6) is 0.713. The van der Waals surface area contributed by atoms with Crippen LogP contribution in [0.3, 0.4) is 0 Å². The van der Waals surface area contributed by atoms with Crippen molar-refractivity contribution in [3.8, 4) is 10.8 Å². The lowest BCUT2D eigenvalue weighted by atomic mass is 10.1. The number of ether oxygens (including phenoxy) is 1. The second kappa shape index (κ2) is 8.62. The molecule has 6 nitrogen and oxygen atoms in total. The Hall–Kier alpha value is -1.41. The highest BCUT2D eigenvalue weighted by Gasteiger charge is 2.25. The zero-order valence-corrected chi connectivity index (χ0v) is 15.2. The average Bonchev–Trinajstić information content (AvgIpc) is 3.09. The Balaban J connectivity index is 1.58. The van der Waals surface area contributed by atoms with Gasteiger partial charge >= 0.3 is 0 Å². The summed E-state index contributed by atoms with van der Waals surface area (Å²) in [5.41, 5.74) is 1.11. The molecule has 3 heterocycles. The standard InChI is InChI=1S/C17H25N5OS/c1-3-15-12-21(7-8-22(15)9-10-23-2)11-14-13-24-17(20-14)16-18-5-4-6-19-16/h4-6,13,15H,3,7-12H2,1-2H3/t15-/m1/s1. The average molecular weight is 347 g/mol. The number of nitrogens with zero attached hydrogens (tertiary/aromatic N) is 5. The predicted octanol–water partition coefficient (Wildman–Crippen LogP) is 2.14. The molecule has 1 atom stereocenters. The van der Waals surface area contributed by atoms with Gasteiger partial charge in [0.1, 0.15) is 0 Å². The van der Waals surface area contributed by atoms with Crippen molar-refractivity contribution >= 4 is 11.3 Å². The van der Waals surface area contributed by atoms with Crippen LogP contribution in [-0.4, -0.2) is 70.7 Å². The van der Waals surface area contributed by atoms with Gasteiger partial charge in [-0.2, -0.15) is 0 Å². The van der Waals surface area contributed by atoms with Crippen molar-refractivity contribution in [2.24, 2.45) is 0 Å². The largest absolute Gasteiger partial charge is 0.383 e. The van der Waals surface area contributed by atoms with E-state index in [4.69, 9.17) is 9.72 Å². The quantitative estimate of drug-likeness (QED) is 0.765. The molecule has 3 rings (SSSR count). The van der Waals surface area contributed by atoms with Gasteiger partial charge in [-0.3, -0.25) is 9.80 Å². The van der Waals surface area contributed by atoms with Gasteiger partial charge in [0.2, 0.25) is 0 Å². The number of methoxy groups -OCH3 is 1. The molecule has 2 aromatic rings. The lowest BCUT2D eigenvalue weighted by Gasteiger charge is -2.40. The van der Waals surface area contributed by atoms with Gasteiger partial charge in [0.15, 0.2) is 10.8 Å². The number of hydrogen-bond donors (Lipinski definition) is 0. The molecule has 0 aromatic carbocycles. The van der Waals surface area contributed by atoms with E-state index in [-0.39, 0.29) is 0 Å². The number of hydrogen-bond acceptors (Lipinski definition) is 7. The number of piperazine rings is 1. The molecule has 0 bridgehead atoms. The normalized spacial score (nSPS) is 19.7. The monoisotopic (exact) mass is 347 g/mol. The van der Waals surface area contributed by atoms with E-state index in [9.17, 15) is 0 Å². The third-order valence-corrected chi connectivity index (χ3v) is 5.32. The highest BCUT2D eigenvalue weighted by molar-refractivity contribution is 7.13. The summed E-state index contributed by atoms with van der Waals surface area (Å²) >= 11 is 1.62. The second-order valence-electron chi connectivity index (χ2n) is 6.04. The Morgan fingerprint density at radius 1 is 1.29 bits per heavy atom. The Morgan fingerprint density at radius 3 is 2.88 bits per heavy atom. The van der Waals surface area contributed by atoms with Crippen molar-refractivity contribution in [2.75, 3.05) is 39.9 Å². The zero-order valence-electron chi connectivity index (χ0n) is 14.4. The first-order valence-corrected chi connectivity index (χ1v) is 9.35. The van der Waals surface area contributed by atoms with Crippen LogP contribution in [0.25, 0.3) is 10.8 Å². The van der Waals surface area contributed by atoms with Crippen LogP contribution < -0.4 is 0 Å². The fraction of sp³-hybridized carbons (Fsp3) is 0.588. The molecule has 0 saturated carbocycles. The molecule has 2 aromatic heterocycles. The molecule has 0 N–H and O–H groups in total. The van der Waals surface area contributed by atoms with Crippen molar-refractivity contribution in [3.05, 3.63) is 29.5 Å². The van der Waals surface area contributed by atoms with Crippen LogP contribution in [-0.2, 0) is 11.3 Å². The van der Waals surface area contributed by atoms with Crippen LogP contribution in [0.15, 0.2) is 23.8 Å². The van der Waals surface area contributed by atoms with E-state index in [2.05, 4.69) is 32.1 Å². The topological polar surface area (TPSA) is 54.4 Å². The maximum absolute atomic E-state index is 5.23. The van der Waals surface area contributed by atoms with Crippen molar-refractivity contribution in [1.82, 2.24) is 24.8 Å². The molecule has 0 radical (unpaired) electrons. The summed E-state index contributed by atoms with van der Waals surface area (Å²) < 4.78 is 5.23. The molecule has 1 saturated heterocycles. The Kier molecular flexibility index (Phi) is 6.25. The van der Waals surface area contributed by atoms with Crippen LogP contribution in [0.4, 0.5) is 0 Å². The summed E-state index contributed by atoms with van der Waals surface area (Å²) in [4.78, 5) is 18.3. The van der Waals surface area contributed by atoms with Gasteiger partial charge < -0.3 is 4.74 Å². The molecular weight excluding hydrogens is 322 g/mol.